The molecule has 0 aromatic heterocycles. The molecule has 1 aliphatic carbocycles. The standard InChI is InChI=1S/C7H12N4O2/c8-11-10-4-6(7(12)13)9-3-5-1-2-5/h5-6,9H,1-4H2,(H,12,13). The van der Waals surface area contributed by atoms with E-state index in [2.05, 4.69) is 15.3 Å². The van der Waals surface area contributed by atoms with Crippen LogP contribution in [0.5, 0.6) is 0 Å². The van der Waals surface area contributed by atoms with Crippen molar-refractivity contribution in [1.82, 2.24) is 5.32 Å². The zero-order valence-corrected chi connectivity index (χ0v) is 7.18. The molecule has 0 spiro atoms. The minimum atomic E-state index is -0.965. The molecular weight excluding hydrogens is 172 g/mol. The second-order valence-corrected chi connectivity index (χ2v) is 3.16. The first kappa shape index (κ1) is 9.83. The Labute approximate surface area is 75.6 Å². The van der Waals surface area contributed by atoms with E-state index in [9.17, 15) is 4.79 Å². The van der Waals surface area contributed by atoms with Crippen molar-refractivity contribution in [2.45, 2.75) is 18.9 Å². The SMILES string of the molecule is [N-]=[N+]=NCC(NCC1CC1)C(=O)O. The second-order valence-electron chi connectivity index (χ2n) is 3.16. The highest BCUT2D eigenvalue weighted by Gasteiger charge is 2.24. The van der Waals surface area contributed by atoms with Crippen molar-refractivity contribution < 1.29 is 9.90 Å². The fraction of sp³-hybridized carbons (Fsp3) is 0.857. The number of hydrogen-bond acceptors (Lipinski definition) is 3. The number of aliphatic carboxylic acids is 1. The molecule has 0 saturated heterocycles. The predicted octanol–water partition coefficient (Wildman–Crippen LogP) is 0.749. The summed E-state index contributed by atoms with van der Waals surface area (Å²) in [5.41, 5.74) is 8.02. The molecule has 1 aliphatic rings. The third-order valence-corrected chi connectivity index (χ3v) is 1.98. The quantitative estimate of drug-likeness (QED) is 0.362. The van der Waals surface area contributed by atoms with Crippen LogP contribution in [-0.4, -0.2) is 30.2 Å². The van der Waals surface area contributed by atoms with Crippen LogP contribution in [0.2, 0.25) is 0 Å². The lowest BCUT2D eigenvalue weighted by Gasteiger charge is -2.10. The van der Waals surface area contributed by atoms with Crippen LogP contribution in [0.4, 0.5) is 0 Å². The Hall–Kier alpha value is -1.26. The molecule has 0 aliphatic heterocycles. The summed E-state index contributed by atoms with van der Waals surface area (Å²) < 4.78 is 0. The van der Waals surface area contributed by atoms with Gasteiger partial charge in [-0.05, 0) is 30.8 Å². The molecule has 0 heterocycles. The van der Waals surface area contributed by atoms with E-state index in [4.69, 9.17) is 10.6 Å². The van der Waals surface area contributed by atoms with Crippen molar-refractivity contribution in [3.63, 3.8) is 0 Å². The van der Waals surface area contributed by atoms with E-state index in [1.54, 1.807) is 0 Å². The maximum absolute atomic E-state index is 10.6. The summed E-state index contributed by atoms with van der Waals surface area (Å²) in [4.78, 5) is 13.1. The van der Waals surface area contributed by atoms with E-state index < -0.39 is 12.0 Å². The molecule has 1 rings (SSSR count). The average Bonchev–Trinajstić information content (AvgIpc) is 2.87. The fourth-order valence-electron chi connectivity index (χ4n) is 0.979. The van der Waals surface area contributed by atoms with Gasteiger partial charge in [0.1, 0.15) is 6.04 Å². The number of carboxylic acid groups (broad SMARTS) is 1. The molecule has 72 valence electrons. The molecule has 0 aromatic rings. The highest BCUT2D eigenvalue weighted by atomic mass is 16.4. The van der Waals surface area contributed by atoms with Crippen LogP contribution in [0.3, 0.4) is 0 Å². The molecule has 0 aromatic carbocycles. The van der Waals surface area contributed by atoms with Crippen LogP contribution < -0.4 is 5.32 Å². The summed E-state index contributed by atoms with van der Waals surface area (Å²) in [5, 5.41) is 14.8. The Morgan fingerprint density at radius 3 is 2.92 bits per heavy atom. The molecular formula is C7H12N4O2. The van der Waals surface area contributed by atoms with Crippen LogP contribution >= 0.6 is 0 Å². The van der Waals surface area contributed by atoms with Gasteiger partial charge in [-0.2, -0.15) is 0 Å². The first-order valence-electron chi connectivity index (χ1n) is 4.21. The van der Waals surface area contributed by atoms with Gasteiger partial charge in [-0.15, -0.1) is 0 Å². The van der Waals surface area contributed by atoms with Gasteiger partial charge in [0.05, 0.1) is 6.54 Å². The summed E-state index contributed by atoms with van der Waals surface area (Å²) in [6.45, 7) is 0.677. The van der Waals surface area contributed by atoms with Crippen molar-refractivity contribution in [2.75, 3.05) is 13.1 Å². The monoisotopic (exact) mass is 184 g/mol. The Balaban J connectivity index is 2.26. The van der Waals surface area contributed by atoms with E-state index in [1.807, 2.05) is 0 Å². The third-order valence-electron chi connectivity index (χ3n) is 1.98. The summed E-state index contributed by atoms with van der Waals surface area (Å²) in [6, 6.07) is -0.739. The minimum Gasteiger partial charge on any atom is -0.480 e. The number of nitrogens with one attached hydrogen (secondary N) is 1. The Bertz CT molecular complexity index is 233. The lowest BCUT2D eigenvalue weighted by Crippen LogP contribution is -2.40. The van der Waals surface area contributed by atoms with Gasteiger partial charge in [0, 0.05) is 4.91 Å². The van der Waals surface area contributed by atoms with Crippen molar-refractivity contribution in [2.24, 2.45) is 11.0 Å². The normalized spacial score (nSPS) is 17.5. The topological polar surface area (TPSA) is 98.1 Å². The van der Waals surface area contributed by atoms with Crippen molar-refractivity contribution in [3.8, 4) is 0 Å². The molecule has 0 radical (unpaired) electrons. The summed E-state index contributed by atoms with van der Waals surface area (Å²) in [7, 11) is 0. The minimum absolute atomic E-state index is 0.0292. The molecule has 13 heavy (non-hydrogen) atoms. The Kier molecular flexibility index (Phi) is 3.54. The van der Waals surface area contributed by atoms with Gasteiger partial charge < -0.3 is 10.4 Å². The maximum Gasteiger partial charge on any atom is 0.320 e. The lowest BCUT2D eigenvalue weighted by molar-refractivity contribution is -0.139. The highest BCUT2D eigenvalue weighted by Crippen LogP contribution is 2.27. The van der Waals surface area contributed by atoms with Crippen molar-refractivity contribution in [1.29, 1.82) is 0 Å². The number of carboxylic acids is 1. The van der Waals surface area contributed by atoms with Crippen molar-refractivity contribution in [3.05, 3.63) is 10.4 Å². The van der Waals surface area contributed by atoms with Gasteiger partial charge >= 0.3 is 5.97 Å². The van der Waals surface area contributed by atoms with Gasteiger partial charge in [0.15, 0.2) is 0 Å². The van der Waals surface area contributed by atoms with E-state index >= 15 is 0 Å². The summed E-state index contributed by atoms with van der Waals surface area (Å²) in [5.74, 6) is -0.346. The van der Waals surface area contributed by atoms with Crippen LogP contribution in [0.15, 0.2) is 5.11 Å². The first-order valence-corrected chi connectivity index (χ1v) is 4.21. The number of nitrogens with zero attached hydrogens (tertiary/aromatic N) is 3. The lowest BCUT2D eigenvalue weighted by atomic mass is 10.3. The van der Waals surface area contributed by atoms with E-state index in [0.29, 0.717) is 12.5 Å². The van der Waals surface area contributed by atoms with Gasteiger partial charge in [-0.1, -0.05) is 5.11 Å². The number of carbonyl (C=O) groups is 1. The van der Waals surface area contributed by atoms with Gasteiger partial charge in [-0.25, -0.2) is 0 Å². The fourth-order valence-corrected chi connectivity index (χ4v) is 0.979. The highest BCUT2D eigenvalue weighted by molar-refractivity contribution is 5.73. The largest absolute Gasteiger partial charge is 0.480 e. The predicted molar refractivity (Wildman–Crippen MR) is 46.2 cm³/mol. The molecule has 6 nitrogen and oxygen atoms in total. The summed E-state index contributed by atoms with van der Waals surface area (Å²) >= 11 is 0. The van der Waals surface area contributed by atoms with E-state index in [0.717, 1.165) is 0 Å². The van der Waals surface area contributed by atoms with Gasteiger partial charge in [0.25, 0.3) is 0 Å². The van der Waals surface area contributed by atoms with Gasteiger partial charge in [-0.3, -0.25) is 4.79 Å². The zero-order chi connectivity index (χ0) is 9.68. The smallest absolute Gasteiger partial charge is 0.320 e. The Morgan fingerprint density at radius 1 is 1.77 bits per heavy atom. The third kappa shape index (κ3) is 3.78. The molecule has 1 unspecified atom stereocenters. The molecule has 0 amide bonds. The molecule has 0 bridgehead atoms. The van der Waals surface area contributed by atoms with E-state index in [-0.39, 0.29) is 6.54 Å². The van der Waals surface area contributed by atoms with Crippen LogP contribution in [-0.2, 0) is 4.79 Å². The average molecular weight is 184 g/mol. The van der Waals surface area contributed by atoms with E-state index in [1.165, 1.54) is 12.8 Å². The molecule has 2 N–H and O–H groups in total. The second kappa shape index (κ2) is 4.69. The zero-order valence-electron chi connectivity index (χ0n) is 7.18. The molecule has 1 fully saturated rings. The summed E-state index contributed by atoms with van der Waals surface area (Å²) in [6.07, 6.45) is 2.34. The number of rotatable bonds is 6. The maximum atomic E-state index is 10.6. The van der Waals surface area contributed by atoms with Crippen molar-refractivity contribution >= 4 is 5.97 Å². The number of azide groups is 1. The molecule has 1 saturated carbocycles. The molecule has 1 atom stereocenters. The Morgan fingerprint density at radius 2 is 2.46 bits per heavy atom. The molecule has 6 heteroatoms. The van der Waals surface area contributed by atoms with Crippen LogP contribution in [0.1, 0.15) is 12.8 Å². The van der Waals surface area contributed by atoms with Gasteiger partial charge in [0.2, 0.25) is 0 Å². The van der Waals surface area contributed by atoms with Crippen LogP contribution in [0.25, 0.3) is 10.4 Å². The van der Waals surface area contributed by atoms with Crippen LogP contribution in [0, 0.1) is 5.92 Å². The first-order chi connectivity index (χ1) is 6.24. The number of hydrogen-bond donors (Lipinski definition) is 2.